The van der Waals surface area contributed by atoms with Gasteiger partial charge in [0, 0.05) is 42.3 Å². The van der Waals surface area contributed by atoms with E-state index in [4.69, 9.17) is 0 Å². The topological polar surface area (TPSA) is 52.6 Å². The SMILES string of the molecule is CN1CCN(CC(=O)c2ccc(NC(=O)Cc3cccs3)cc2)CC1. The van der Waals surface area contributed by atoms with Crippen LogP contribution in [0.4, 0.5) is 5.69 Å². The van der Waals surface area contributed by atoms with Crippen LogP contribution in [0.25, 0.3) is 0 Å². The predicted molar refractivity (Wildman–Crippen MR) is 101 cm³/mol. The fourth-order valence-corrected chi connectivity index (χ4v) is 3.52. The fraction of sp³-hybridized carbons (Fsp3) is 0.368. The van der Waals surface area contributed by atoms with Gasteiger partial charge in [-0.3, -0.25) is 14.5 Å². The van der Waals surface area contributed by atoms with Gasteiger partial charge in [0.25, 0.3) is 0 Å². The second kappa shape index (κ2) is 8.38. The number of likely N-dealkylation sites (N-methyl/N-ethyl adjacent to an activating group) is 1. The molecule has 1 saturated heterocycles. The second-order valence-electron chi connectivity index (χ2n) is 6.38. The van der Waals surface area contributed by atoms with Crippen LogP contribution in [-0.2, 0) is 11.2 Å². The molecule has 0 aliphatic carbocycles. The number of hydrogen-bond acceptors (Lipinski definition) is 5. The lowest BCUT2D eigenvalue weighted by atomic mass is 10.1. The van der Waals surface area contributed by atoms with Gasteiger partial charge >= 0.3 is 0 Å². The fourth-order valence-electron chi connectivity index (χ4n) is 2.82. The van der Waals surface area contributed by atoms with E-state index in [0.717, 1.165) is 36.7 Å². The van der Waals surface area contributed by atoms with Crippen LogP contribution >= 0.6 is 11.3 Å². The van der Waals surface area contributed by atoms with Crippen molar-refractivity contribution in [1.29, 1.82) is 0 Å². The molecule has 1 N–H and O–H groups in total. The Labute approximate surface area is 152 Å². The average molecular weight is 357 g/mol. The molecule has 0 spiro atoms. The molecule has 2 heterocycles. The van der Waals surface area contributed by atoms with E-state index in [1.807, 2.05) is 17.5 Å². The molecular weight excluding hydrogens is 334 g/mol. The van der Waals surface area contributed by atoms with Crippen LogP contribution in [0.1, 0.15) is 15.2 Å². The number of carbonyl (C=O) groups excluding carboxylic acids is 2. The monoisotopic (exact) mass is 357 g/mol. The van der Waals surface area contributed by atoms with Crippen LogP contribution in [0, 0.1) is 0 Å². The molecule has 1 aliphatic heterocycles. The van der Waals surface area contributed by atoms with E-state index in [-0.39, 0.29) is 11.7 Å². The normalized spacial score (nSPS) is 15.9. The van der Waals surface area contributed by atoms with Gasteiger partial charge in [-0.05, 0) is 42.8 Å². The van der Waals surface area contributed by atoms with Crippen LogP contribution < -0.4 is 5.32 Å². The number of ketones is 1. The summed E-state index contributed by atoms with van der Waals surface area (Å²) in [6.45, 7) is 4.32. The summed E-state index contributed by atoms with van der Waals surface area (Å²) in [5.74, 6) is 0.0833. The maximum Gasteiger partial charge on any atom is 0.229 e. The molecule has 3 rings (SSSR count). The highest BCUT2D eigenvalue weighted by Gasteiger charge is 2.17. The number of amides is 1. The highest BCUT2D eigenvalue weighted by molar-refractivity contribution is 7.10. The van der Waals surface area contributed by atoms with E-state index >= 15 is 0 Å². The van der Waals surface area contributed by atoms with E-state index in [2.05, 4.69) is 22.2 Å². The zero-order valence-electron chi connectivity index (χ0n) is 14.4. The zero-order valence-corrected chi connectivity index (χ0v) is 15.2. The van der Waals surface area contributed by atoms with E-state index in [0.29, 0.717) is 18.5 Å². The van der Waals surface area contributed by atoms with Crippen LogP contribution in [0.3, 0.4) is 0 Å². The molecule has 0 radical (unpaired) electrons. The molecule has 1 fully saturated rings. The van der Waals surface area contributed by atoms with Crippen LogP contribution in [0.5, 0.6) is 0 Å². The minimum Gasteiger partial charge on any atom is -0.326 e. The Hall–Kier alpha value is -2.02. The largest absolute Gasteiger partial charge is 0.326 e. The van der Waals surface area contributed by atoms with Crippen molar-refractivity contribution < 1.29 is 9.59 Å². The summed E-state index contributed by atoms with van der Waals surface area (Å²) in [5, 5.41) is 4.83. The molecule has 0 atom stereocenters. The summed E-state index contributed by atoms with van der Waals surface area (Å²) < 4.78 is 0. The number of benzene rings is 1. The maximum atomic E-state index is 12.4. The van der Waals surface area contributed by atoms with Crippen molar-refractivity contribution in [2.75, 3.05) is 45.1 Å². The van der Waals surface area contributed by atoms with Gasteiger partial charge in [-0.15, -0.1) is 11.3 Å². The molecular formula is C19H23N3O2S. The third-order valence-electron chi connectivity index (χ3n) is 4.37. The number of carbonyl (C=O) groups is 2. The molecule has 0 unspecified atom stereocenters. The summed E-state index contributed by atoms with van der Waals surface area (Å²) in [4.78, 5) is 29.9. The van der Waals surface area contributed by atoms with Gasteiger partial charge < -0.3 is 10.2 Å². The first-order valence-electron chi connectivity index (χ1n) is 8.46. The molecule has 132 valence electrons. The van der Waals surface area contributed by atoms with Crippen molar-refractivity contribution in [1.82, 2.24) is 9.80 Å². The van der Waals surface area contributed by atoms with Gasteiger partial charge in [-0.1, -0.05) is 6.07 Å². The van der Waals surface area contributed by atoms with E-state index in [9.17, 15) is 9.59 Å². The van der Waals surface area contributed by atoms with E-state index < -0.39 is 0 Å². The van der Waals surface area contributed by atoms with Gasteiger partial charge in [0.2, 0.25) is 5.91 Å². The summed E-state index contributed by atoms with van der Waals surface area (Å²) in [7, 11) is 2.10. The number of rotatable bonds is 6. The molecule has 0 bridgehead atoms. The Bertz CT molecular complexity index is 705. The van der Waals surface area contributed by atoms with E-state index in [1.165, 1.54) is 0 Å². The van der Waals surface area contributed by atoms with Crippen molar-refractivity contribution in [3.05, 3.63) is 52.2 Å². The van der Waals surface area contributed by atoms with Crippen molar-refractivity contribution in [2.24, 2.45) is 0 Å². The average Bonchev–Trinajstić information content (AvgIpc) is 3.10. The third kappa shape index (κ3) is 5.22. The molecule has 1 aromatic carbocycles. The standard InChI is InChI=1S/C19H23N3O2S/c1-21-8-10-22(11-9-21)14-18(23)15-4-6-16(7-5-15)20-19(24)13-17-3-2-12-25-17/h2-7,12H,8-11,13-14H2,1H3,(H,20,24). The first-order valence-corrected chi connectivity index (χ1v) is 9.34. The molecule has 1 aliphatic rings. The Morgan fingerprint density at radius 2 is 1.80 bits per heavy atom. The van der Waals surface area contributed by atoms with Gasteiger partial charge in [0.1, 0.15) is 0 Å². The Morgan fingerprint density at radius 3 is 2.44 bits per heavy atom. The number of anilines is 1. The van der Waals surface area contributed by atoms with Gasteiger partial charge in [-0.25, -0.2) is 0 Å². The van der Waals surface area contributed by atoms with Gasteiger partial charge in [0.05, 0.1) is 13.0 Å². The van der Waals surface area contributed by atoms with Crippen LogP contribution in [0.2, 0.25) is 0 Å². The minimum absolute atomic E-state index is 0.0426. The van der Waals surface area contributed by atoms with Crippen LogP contribution in [-0.4, -0.2) is 61.3 Å². The molecule has 6 heteroatoms. The summed E-state index contributed by atoms with van der Waals surface area (Å²) >= 11 is 1.57. The molecule has 1 aromatic heterocycles. The van der Waals surface area contributed by atoms with Crippen molar-refractivity contribution in [2.45, 2.75) is 6.42 Å². The lowest BCUT2D eigenvalue weighted by Crippen LogP contribution is -2.46. The number of thiophene rings is 1. The molecule has 25 heavy (non-hydrogen) atoms. The maximum absolute atomic E-state index is 12.4. The first-order chi connectivity index (χ1) is 12.1. The number of Topliss-reactive ketones (excluding diaryl/α,β-unsaturated/α-hetero) is 1. The zero-order chi connectivity index (χ0) is 17.6. The number of piperazine rings is 1. The van der Waals surface area contributed by atoms with Gasteiger partial charge in [0.15, 0.2) is 5.78 Å². The highest BCUT2D eigenvalue weighted by atomic mass is 32.1. The number of nitrogens with one attached hydrogen (secondary N) is 1. The Morgan fingerprint density at radius 1 is 1.08 bits per heavy atom. The third-order valence-corrected chi connectivity index (χ3v) is 5.25. The predicted octanol–water partition coefficient (Wildman–Crippen LogP) is 2.36. The van der Waals surface area contributed by atoms with Crippen molar-refractivity contribution in [3.63, 3.8) is 0 Å². The summed E-state index contributed by atoms with van der Waals surface area (Å²) in [6.07, 6.45) is 0.377. The first kappa shape index (κ1) is 17.8. The lowest BCUT2D eigenvalue weighted by Gasteiger charge is -2.31. The minimum atomic E-state index is -0.0426. The summed E-state index contributed by atoms with van der Waals surface area (Å²) in [6, 6.07) is 11.1. The quantitative estimate of drug-likeness (QED) is 0.807. The van der Waals surface area contributed by atoms with Crippen LogP contribution in [0.15, 0.2) is 41.8 Å². The van der Waals surface area contributed by atoms with Crippen molar-refractivity contribution in [3.8, 4) is 0 Å². The van der Waals surface area contributed by atoms with E-state index in [1.54, 1.807) is 35.6 Å². The Balaban J connectivity index is 1.51. The smallest absolute Gasteiger partial charge is 0.229 e. The molecule has 0 saturated carbocycles. The number of hydrogen-bond donors (Lipinski definition) is 1. The molecule has 1 amide bonds. The van der Waals surface area contributed by atoms with Gasteiger partial charge in [-0.2, -0.15) is 0 Å². The lowest BCUT2D eigenvalue weighted by molar-refractivity contribution is -0.115. The van der Waals surface area contributed by atoms with Crippen molar-refractivity contribution >= 4 is 28.7 Å². The number of nitrogens with zero attached hydrogens (tertiary/aromatic N) is 2. The second-order valence-corrected chi connectivity index (χ2v) is 7.42. The Kier molecular flexibility index (Phi) is 5.96. The molecule has 2 aromatic rings. The molecule has 5 nitrogen and oxygen atoms in total. The summed E-state index contributed by atoms with van der Waals surface area (Å²) in [5.41, 5.74) is 1.41. The highest BCUT2D eigenvalue weighted by Crippen LogP contribution is 2.14.